The lowest BCUT2D eigenvalue weighted by Crippen LogP contribution is -2.12. The van der Waals surface area contributed by atoms with E-state index in [1.165, 1.54) is 6.07 Å². The van der Waals surface area contributed by atoms with Crippen molar-refractivity contribution in [3.8, 4) is 17.1 Å². The summed E-state index contributed by atoms with van der Waals surface area (Å²) in [6, 6.07) is 24.2. The number of non-ortho nitro benzene ring substituents is 1. The molecule has 0 radical (unpaired) electrons. The quantitative estimate of drug-likeness (QED) is 0.256. The first-order valence-electron chi connectivity index (χ1n) is 10.9. The van der Waals surface area contributed by atoms with Gasteiger partial charge in [0.05, 0.1) is 27.7 Å². The minimum absolute atomic E-state index is 0.0475. The van der Waals surface area contributed by atoms with Crippen molar-refractivity contribution in [1.29, 1.82) is 0 Å². The lowest BCUT2D eigenvalue weighted by molar-refractivity contribution is -0.384. The molecule has 0 bridgehead atoms. The second-order valence-corrected chi connectivity index (χ2v) is 8.07. The van der Waals surface area contributed by atoms with Gasteiger partial charge >= 0.3 is 0 Å². The van der Waals surface area contributed by atoms with Gasteiger partial charge in [0.2, 0.25) is 5.95 Å². The second-order valence-electron chi connectivity index (χ2n) is 8.07. The van der Waals surface area contributed by atoms with Crippen molar-refractivity contribution in [2.24, 2.45) is 0 Å². The van der Waals surface area contributed by atoms with Crippen molar-refractivity contribution in [3.05, 3.63) is 106 Å². The molecule has 0 fully saturated rings. The maximum atomic E-state index is 11.2. The van der Waals surface area contributed by atoms with E-state index in [1.807, 2.05) is 79.1 Å². The zero-order chi connectivity index (χ0) is 23.7. The highest BCUT2D eigenvalue weighted by Crippen LogP contribution is 2.28. The molecule has 0 spiro atoms. The maximum absolute atomic E-state index is 11.2. The standard InChI is InChI=1S/C26H22N6O2/c1-17-8-3-4-11-21(17)23-15-25(31-16-27-22-12-5-6-13-24(22)31)30-26(29-23)28-18(2)19-9-7-10-20(14-19)32(33)34/h3-16,18H,1-2H3,(H,28,29,30). The molecule has 0 amide bonds. The third-order valence-corrected chi connectivity index (χ3v) is 5.76. The van der Waals surface area contributed by atoms with Gasteiger partial charge < -0.3 is 5.32 Å². The Balaban J connectivity index is 1.60. The van der Waals surface area contributed by atoms with Gasteiger partial charge in [0.1, 0.15) is 12.1 Å². The molecule has 0 aliphatic rings. The molecule has 0 saturated heterocycles. The molecule has 34 heavy (non-hydrogen) atoms. The summed E-state index contributed by atoms with van der Waals surface area (Å²) in [6.07, 6.45) is 1.75. The van der Waals surface area contributed by atoms with Gasteiger partial charge in [-0.2, -0.15) is 4.98 Å². The van der Waals surface area contributed by atoms with Gasteiger partial charge in [0.25, 0.3) is 5.69 Å². The van der Waals surface area contributed by atoms with E-state index < -0.39 is 4.92 Å². The van der Waals surface area contributed by atoms with Crippen molar-refractivity contribution in [2.75, 3.05) is 5.32 Å². The van der Waals surface area contributed by atoms with E-state index in [0.29, 0.717) is 11.8 Å². The number of rotatable bonds is 6. The van der Waals surface area contributed by atoms with Crippen LogP contribution in [0.5, 0.6) is 0 Å². The first-order valence-corrected chi connectivity index (χ1v) is 10.9. The third kappa shape index (κ3) is 4.09. The van der Waals surface area contributed by atoms with Gasteiger partial charge in [-0.3, -0.25) is 14.7 Å². The first kappa shape index (κ1) is 21.3. The van der Waals surface area contributed by atoms with Crippen molar-refractivity contribution in [3.63, 3.8) is 0 Å². The average molecular weight is 451 g/mol. The molecular formula is C26H22N6O2. The van der Waals surface area contributed by atoms with E-state index >= 15 is 0 Å². The Morgan fingerprint density at radius 1 is 0.971 bits per heavy atom. The fraction of sp³-hybridized carbons (Fsp3) is 0.115. The van der Waals surface area contributed by atoms with Gasteiger partial charge in [0.15, 0.2) is 0 Å². The monoisotopic (exact) mass is 450 g/mol. The smallest absolute Gasteiger partial charge is 0.269 e. The number of nitro groups is 1. The van der Waals surface area contributed by atoms with Crippen molar-refractivity contribution < 1.29 is 4.92 Å². The minimum Gasteiger partial charge on any atom is -0.348 e. The van der Waals surface area contributed by atoms with E-state index in [4.69, 9.17) is 9.97 Å². The van der Waals surface area contributed by atoms with Crippen LogP contribution in [-0.2, 0) is 0 Å². The molecule has 1 N–H and O–H groups in total. The zero-order valence-corrected chi connectivity index (χ0v) is 18.7. The number of fused-ring (bicyclic) bond motifs is 1. The molecule has 0 saturated carbocycles. The van der Waals surface area contributed by atoms with Crippen LogP contribution in [0.1, 0.15) is 24.1 Å². The Kier molecular flexibility index (Phi) is 5.47. The number of para-hydroxylation sites is 2. The molecule has 8 nitrogen and oxygen atoms in total. The predicted octanol–water partition coefficient (Wildman–Crippen LogP) is 5.87. The highest BCUT2D eigenvalue weighted by molar-refractivity contribution is 5.77. The number of hydrogen-bond acceptors (Lipinski definition) is 6. The second kappa shape index (κ2) is 8.74. The SMILES string of the molecule is Cc1ccccc1-c1cc(-n2cnc3ccccc32)nc(NC(C)c2cccc([N+](=O)[O-])c2)n1. The Morgan fingerprint density at radius 2 is 1.76 bits per heavy atom. The molecule has 0 aliphatic carbocycles. The van der Waals surface area contributed by atoms with E-state index in [1.54, 1.807) is 18.5 Å². The van der Waals surface area contributed by atoms with Crippen molar-refractivity contribution >= 4 is 22.7 Å². The van der Waals surface area contributed by atoms with Crippen LogP contribution >= 0.6 is 0 Å². The average Bonchev–Trinajstić information content (AvgIpc) is 3.28. The van der Waals surface area contributed by atoms with Crippen LogP contribution < -0.4 is 5.32 Å². The summed E-state index contributed by atoms with van der Waals surface area (Å²) < 4.78 is 1.93. The number of aromatic nitrogens is 4. The molecule has 0 aliphatic heterocycles. The van der Waals surface area contributed by atoms with Crippen LogP contribution in [0.25, 0.3) is 28.1 Å². The van der Waals surface area contributed by atoms with Gasteiger partial charge in [-0.1, -0.05) is 48.5 Å². The van der Waals surface area contributed by atoms with Crippen LogP contribution in [0.4, 0.5) is 11.6 Å². The first-order chi connectivity index (χ1) is 16.5. The van der Waals surface area contributed by atoms with Gasteiger partial charge in [-0.15, -0.1) is 0 Å². The lowest BCUT2D eigenvalue weighted by atomic mass is 10.1. The normalized spacial score (nSPS) is 11.9. The molecule has 8 heteroatoms. The van der Waals surface area contributed by atoms with Crippen LogP contribution in [0.3, 0.4) is 0 Å². The molecular weight excluding hydrogens is 428 g/mol. The van der Waals surface area contributed by atoms with E-state index in [2.05, 4.69) is 10.3 Å². The summed E-state index contributed by atoms with van der Waals surface area (Å²) >= 11 is 0. The predicted molar refractivity (Wildman–Crippen MR) is 132 cm³/mol. The Hall–Kier alpha value is -4.59. The summed E-state index contributed by atoms with van der Waals surface area (Å²) in [5, 5.41) is 14.5. The Bertz CT molecular complexity index is 1510. The maximum Gasteiger partial charge on any atom is 0.269 e. The number of nitro benzene ring substituents is 1. The Morgan fingerprint density at radius 3 is 2.59 bits per heavy atom. The van der Waals surface area contributed by atoms with Gasteiger partial charge in [-0.25, -0.2) is 9.97 Å². The number of nitrogens with zero attached hydrogens (tertiary/aromatic N) is 5. The number of benzene rings is 3. The number of anilines is 1. The third-order valence-electron chi connectivity index (χ3n) is 5.76. The lowest BCUT2D eigenvalue weighted by Gasteiger charge is -2.17. The summed E-state index contributed by atoms with van der Waals surface area (Å²) in [5.74, 6) is 1.10. The number of hydrogen-bond donors (Lipinski definition) is 1. The molecule has 2 aromatic heterocycles. The molecule has 1 atom stereocenters. The number of imidazole rings is 1. The van der Waals surface area contributed by atoms with Crippen molar-refractivity contribution in [2.45, 2.75) is 19.9 Å². The summed E-state index contributed by atoms with van der Waals surface area (Å²) in [4.78, 5) is 24.9. The van der Waals surface area contributed by atoms with Gasteiger partial charge in [0, 0.05) is 23.8 Å². The molecule has 168 valence electrons. The molecule has 3 aromatic carbocycles. The largest absolute Gasteiger partial charge is 0.348 e. The topological polar surface area (TPSA) is 98.8 Å². The number of aryl methyl sites for hydroxylation is 1. The molecule has 2 heterocycles. The fourth-order valence-corrected chi connectivity index (χ4v) is 3.95. The van der Waals surface area contributed by atoms with E-state index in [9.17, 15) is 10.1 Å². The fourth-order valence-electron chi connectivity index (χ4n) is 3.95. The Labute approximate surface area is 196 Å². The molecule has 1 unspecified atom stereocenters. The highest BCUT2D eigenvalue weighted by atomic mass is 16.6. The van der Waals surface area contributed by atoms with E-state index in [-0.39, 0.29) is 11.7 Å². The minimum atomic E-state index is -0.395. The van der Waals surface area contributed by atoms with Crippen LogP contribution in [0.15, 0.2) is 85.2 Å². The van der Waals surface area contributed by atoms with Crippen molar-refractivity contribution in [1.82, 2.24) is 19.5 Å². The summed E-state index contributed by atoms with van der Waals surface area (Å²) in [6.45, 7) is 3.97. The van der Waals surface area contributed by atoms with Crippen LogP contribution in [0.2, 0.25) is 0 Å². The van der Waals surface area contributed by atoms with Crippen LogP contribution in [0, 0.1) is 17.0 Å². The molecule has 5 aromatic rings. The summed E-state index contributed by atoms with van der Waals surface area (Å²) in [7, 11) is 0. The summed E-state index contributed by atoms with van der Waals surface area (Å²) in [5.41, 5.74) is 5.50. The van der Waals surface area contributed by atoms with Gasteiger partial charge in [-0.05, 0) is 37.1 Å². The zero-order valence-electron chi connectivity index (χ0n) is 18.7. The van der Waals surface area contributed by atoms with E-state index in [0.717, 1.165) is 33.4 Å². The highest BCUT2D eigenvalue weighted by Gasteiger charge is 2.16. The molecule has 5 rings (SSSR count). The van der Waals surface area contributed by atoms with Crippen LogP contribution in [-0.4, -0.2) is 24.4 Å². The number of nitrogens with one attached hydrogen (secondary N) is 1.